The number of amides is 2. The number of H-pyrrole nitrogens is 1. The molecule has 0 aliphatic carbocycles. The van der Waals surface area contributed by atoms with Gasteiger partial charge < -0.3 is 15.2 Å². The Hall–Kier alpha value is -2.63. The minimum atomic E-state index is -4.45. The summed E-state index contributed by atoms with van der Waals surface area (Å²) in [6, 6.07) is 3.25. The van der Waals surface area contributed by atoms with Crippen LogP contribution in [0, 0.1) is 0 Å². The highest BCUT2D eigenvalue weighted by Gasteiger charge is 2.48. The summed E-state index contributed by atoms with van der Waals surface area (Å²) in [6.07, 6.45) is -1.34. The van der Waals surface area contributed by atoms with Crippen molar-refractivity contribution in [3.8, 4) is 0 Å². The number of carbonyl (C=O) groups excluding carboxylic acids is 1. The molecule has 0 saturated carbocycles. The monoisotopic (exact) mass is 429 g/mol. The van der Waals surface area contributed by atoms with Gasteiger partial charge in [0.05, 0.1) is 10.8 Å². The number of aromatic amines is 1. The highest BCUT2D eigenvalue weighted by atomic mass is 32.2. The first-order valence-electron chi connectivity index (χ1n) is 9.03. The van der Waals surface area contributed by atoms with Gasteiger partial charge in [0.2, 0.25) is 15.0 Å². The number of piperidine rings is 1. The second-order valence-corrected chi connectivity index (χ2v) is 9.37. The standard InChI is InChI=1S/C17H18F3N5O3S/c18-17(19,20)10-1-3-11(4-2-10)23-16(26)25-12-5-6-13(25)8-14(7-12)29(27,28)15-21-9-22-24-15/h1-4,9,12-14H,5-8H2,(H,23,26)(H,21,22,24). The molecule has 2 fully saturated rings. The fourth-order valence-corrected chi connectivity index (χ4v) is 5.78. The van der Waals surface area contributed by atoms with Crippen LogP contribution < -0.4 is 5.32 Å². The molecule has 8 nitrogen and oxygen atoms in total. The lowest BCUT2D eigenvalue weighted by Gasteiger charge is -2.38. The Morgan fingerprint density at radius 2 is 1.76 bits per heavy atom. The van der Waals surface area contributed by atoms with Crippen molar-refractivity contribution in [1.29, 1.82) is 0 Å². The number of nitrogens with zero attached hydrogens (tertiary/aromatic N) is 3. The number of halogens is 3. The van der Waals surface area contributed by atoms with E-state index in [-0.39, 0.29) is 35.8 Å². The first-order valence-corrected chi connectivity index (χ1v) is 10.6. The minimum Gasteiger partial charge on any atom is -0.318 e. The van der Waals surface area contributed by atoms with E-state index in [1.807, 2.05) is 0 Å². The summed E-state index contributed by atoms with van der Waals surface area (Å²) in [5.41, 5.74) is -0.548. The summed E-state index contributed by atoms with van der Waals surface area (Å²) >= 11 is 0. The number of fused-ring (bicyclic) bond motifs is 2. The quantitative estimate of drug-likeness (QED) is 0.780. The predicted octanol–water partition coefficient (Wildman–Crippen LogP) is 2.82. The SMILES string of the molecule is O=C(Nc1ccc(C(F)(F)F)cc1)N1C2CCC1CC(S(=O)(=O)c1nnc[nH]1)C2. The maximum absolute atomic E-state index is 12.7. The molecular formula is C17H18F3N5O3S. The molecule has 2 aliphatic heterocycles. The van der Waals surface area contributed by atoms with Gasteiger partial charge in [-0.1, -0.05) is 0 Å². The van der Waals surface area contributed by atoms with Crippen LogP contribution in [0.2, 0.25) is 0 Å². The fourth-order valence-electron chi connectivity index (χ4n) is 4.13. The highest BCUT2D eigenvalue weighted by molar-refractivity contribution is 7.91. The van der Waals surface area contributed by atoms with Gasteiger partial charge in [0.1, 0.15) is 6.33 Å². The zero-order chi connectivity index (χ0) is 20.8. The normalized spacial score (nSPS) is 24.5. The van der Waals surface area contributed by atoms with Gasteiger partial charge >= 0.3 is 12.2 Å². The number of rotatable bonds is 3. The zero-order valence-electron chi connectivity index (χ0n) is 15.1. The van der Waals surface area contributed by atoms with E-state index in [0.717, 1.165) is 12.1 Å². The molecule has 4 rings (SSSR count). The maximum Gasteiger partial charge on any atom is 0.416 e. The molecule has 2 aromatic rings. The Kier molecular flexibility index (Phi) is 4.75. The molecule has 156 valence electrons. The predicted molar refractivity (Wildman–Crippen MR) is 95.7 cm³/mol. The Labute approximate surface area is 164 Å². The average molecular weight is 429 g/mol. The topological polar surface area (TPSA) is 108 Å². The van der Waals surface area contributed by atoms with E-state index in [0.29, 0.717) is 12.8 Å². The second kappa shape index (κ2) is 7.01. The van der Waals surface area contributed by atoms with Gasteiger partial charge in [0, 0.05) is 17.8 Å². The Morgan fingerprint density at radius 1 is 1.14 bits per heavy atom. The van der Waals surface area contributed by atoms with E-state index in [9.17, 15) is 26.4 Å². The van der Waals surface area contributed by atoms with Crippen LogP contribution in [0.5, 0.6) is 0 Å². The van der Waals surface area contributed by atoms with Crippen LogP contribution >= 0.6 is 0 Å². The number of anilines is 1. The molecule has 29 heavy (non-hydrogen) atoms. The van der Waals surface area contributed by atoms with Crippen molar-refractivity contribution in [2.45, 2.75) is 54.3 Å². The van der Waals surface area contributed by atoms with Gasteiger partial charge in [-0.2, -0.15) is 13.2 Å². The van der Waals surface area contributed by atoms with Crippen molar-refractivity contribution in [3.05, 3.63) is 36.2 Å². The van der Waals surface area contributed by atoms with Crippen LogP contribution in [0.15, 0.2) is 35.7 Å². The first kappa shape index (κ1) is 19.7. The molecule has 2 saturated heterocycles. The average Bonchev–Trinajstić information content (AvgIpc) is 3.28. The molecule has 1 aromatic carbocycles. The number of carbonyl (C=O) groups is 1. The molecule has 2 amide bonds. The molecular weight excluding hydrogens is 411 g/mol. The number of hydrogen-bond donors (Lipinski definition) is 2. The van der Waals surface area contributed by atoms with Crippen molar-refractivity contribution < 1.29 is 26.4 Å². The molecule has 3 heterocycles. The van der Waals surface area contributed by atoms with Crippen molar-refractivity contribution in [3.63, 3.8) is 0 Å². The lowest BCUT2D eigenvalue weighted by molar-refractivity contribution is -0.137. The van der Waals surface area contributed by atoms with Gasteiger partial charge in [-0.05, 0) is 49.9 Å². The smallest absolute Gasteiger partial charge is 0.318 e. The highest BCUT2D eigenvalue weighted by Crippen LogP contribution is 2.39. The summed E-state index contributed by atoms with van der Waals surface area (Å²) in [5, 5.41) is 8.89. The Morgan fingerprint density at radius 3 is 2.28 bits per heavy atom. The number of sulfone groups is 1. The number of alkyl halides is 3. The molecule has 2 unspecified atom stereocenters. The van der Waals surface area contributed by atoms with Gasteiger partial charge in [0.15, 0.2) is 0 Å². The number of hydrogen-bond acceptors (Lipinski definition) is 5. The molecule has 12 heteroatoms. The fraction of sp³-hybridized carbons (Fsp3) is 0.471. The summed E-state index contributed by atoms with van der Waals surface area (Å²) in [5.74, 6) is 0. The van der Waals surface area contributed by atoms with Gasteiger partial charge in [-0.15, -0.1) is 10.2 Å². The van der Waals surface area contributed by atoms with Crippen LogP contribution in [-0.4, -0.2) is 51.9 Å². The summed E-state index contributed by atoms with van der Waals surface area (Å²) < 4.78 is 63.4. The number of urea groups is 1. The van der Waals surface area contributed by atoms with Crippen LogP contribution in [0.1, 0.15) is 31.2 Å². The van der Waals surface area contributed by atoms with Gasteiger partial charge in [-0.25, -0.2) is 13.2 Å². The minimum absolute atomic E-state index is 0.176. The van der Waals surface area contributed by atoms with E-state index in [1.54, 1.807) is 4.90 Å². The van der Waals surface area contributed by atoms with Crippen molar-refractivity contribution in [2.24, 2.45) is 0 Å². The molecule has 0 radical (unpaired) electrons. The van der Waals surface area contributed by atoms with Crippen LogP contribution in [0.4, 0.5) is 23.7 Å². The molecule has 0 spiro atoms. The third-order valence-corrected chi connectivity index (χ3v) is 7.49. The third-order valence-electron chi connectivity index (χ3n) is 5.49. The van der Waals surface area contributed by atoms with Crippen molar-refractivity contribution >= 4 is 21.6 Å². The van der Waals surface area contributed by atoms with Crippen LogP contribution in [0.25, 0.3) is 0 Å². The maximum atomic E-state index is 12.7. The summed E-state index contributed by atoms with van der Waals surface area (Å²) in [6.45, 7) is 0. The molecule has 1 aromatic heterocycles. The second-order valence-electron chi connectivity index (χ2n) is 7.23. The van der Waals surface area contributed by atoms with E-state index < -0.39 is 32.9 Å². The Balaban J connectivity index is 1.45. The molecule has 2 N–H and O–H groups in total. The lowest BCUT2D eigenvalue weighted by atomic mass is 10.0. The van der Waals surface area contributed by atoms with Crippen LogP contribution in [-0.2, 0) is 16.0 Å². The lowest BCUT2D eigenvalue weighted by Crippen LogP contribution is -2.51. The first-order chi connectivity index (χ1) is 13.7. The number of aromatic nitrogens is 3. The largest absolute Gasteiger partial charge is 0.416 e. The van der Waals surface area contributed by atoms with E-state index >= 15 is 0 Å². The van der Waals surface area contributed by atoms with E-state index in [4.69, 9.17) is 0 Å². The molecule has 2 aliphatic rings. The van der Waals surface area contributed by atoms with Crippen LogP contribution in [0.3, 0.4) is 0 Å². The van der Waals surface area contributed by atoms with Crippen molar-refractivity contribution in [1.82, 2.24) is 20.1 Å². The molecule has 2 bridgehead atoms. The summed E-state index contributed by atoms with van der Waals surface area (Å²) in [7, 11) is -3.67. The van der Waals surface area contributed by atoms with Crippen molar-refractivity contribution in [2.75, 3.05) is 5.32 Å². The van der Waals surface area contributed by atoms with E-state index in [2.05, 4.69) is 20.5 Å². The third kappa shape index (κ3) is 3.68. The summed E-state index contributed by atoms with van der Waals surface area (Å²) in [4.78, 5) is 16.8. The number of benzene rings is 1. The zero-order valence-corrected chi connectivity index (χ0v) is 15.9. The van der Waals surface area contributed by atoms with E-state index in [1.165, 1.54) is 18.5 Å². The molecule has 2 atom stereocenters. The number of nitrogens with one attached hydrogen (secondary N) is 2. The van der Waals surface area contributed by atoms with Gasteiger partial charge in [0.25, 0.3) is 0 Å². The van der Waals surface area contributed by atoms with Gasteiger partial charge in [-0.3, -0.25) is 0 Å². The Bertz CT molecular complexity index is 978.